The van der Waals surface area contributed by atoms with Crippen molar-refractivity contribution >= 4 is 27.6 Å². The zero-order valence-corrected chi connectivity index (χ0v) is 23.4. The molecule has 1 unspecified atom stereocenters. The number of carbonyl (C=O) groups excluding carboxylic acids is 1. The molecule has 1 saturated carbocycles. The molecule has 0 bridgehead atoms. The first-order chi connectivity index (χ1) is 19.2. The Hall–Kier alpha value is -3.77. The molecular weight excluding hydrogens is 532 g/mol. The number of pyridine rings is 3. The standard InChI is InChI=1S/C28H34N6O5S/c1-18(2)39-25-13-10-20(15-30-25)23-12-11-22(28(35)33-40(36,37)26-7-3-6-24(29)32-26)27(31-23)34-14-4-5-21(16-34)38-17-19-8-9-19/h3,6-7,10-13,15,18-19,21H,4-5,8-9,14,16-17H2,1-2H3,(H2,29,32)(H,33,35). The summed E-state index contributed by atoms with van der Waals surface area (Å²) in [6, 6.07) is 11.1. The molecule has 0 aromatic carbocycles. The fourth-order valence-electron chi connectivity index (χ4n) is 4.50. The smallest absolute Gasteiger partial charge is 0.281 e. The first kappa shape index (κ1) is 27.8. The van der Waals surface area contributed by atoms with Crippen LogP contribution in [0.3, 0.4) is 0 Å². The van der Waals surface area contributed by atoms with Gasteiger partial charge in [0.1, 0.15) is 11.6 Å². The third-order valence-electron chi connectivity index (χ3n) is 6.70. The number of sulfonamides is 1. The van der Waals surface area contributed by atoms with Gasteiger partial charge in [-0.2, -0.15) is 8.42 Å². The Kier molecular flexibility index (Phi) is 8.17. The fourth-order valence-corrected chi connectivity index (χ4v) is 5.45. The molecule has 3 aromatic rings. The second-order valence-corrected chi connectivity index (χ2v) is 12.1. The predicted molar refractivity (Wildman–Crippen MR) is 150 cm³/mol. The molecule has 0 spiro atoms. The first-order valence-corrected chi connectivity index (χ1v) is 15.0. The average molecular weight is 567 g/mol. The molecule has 0 radical (unpaired) electrons. The van der Waals surface area contributed by atoms with Gasteiger partial charge >= 0.3 is 0 Å². The summed E-state index contributed by atoms with van der Waals surface area (Å²) in [6.07, 6.45) is 5.85. The number of rotatable bonds is 10. The molecule has 212 valence electrons. The van der Waals surface area contributed by atoms with E-state index < -0.39 is 15.9 Å². The number of nitrogens with zero attached hydrogens (tertiary/aromatic N) is 4. The van der Waals surface area contributed by atoms with Crippen LogP contribution in [-0.4, -0.2) is 61.2 Å². The van der Waals surface area contributed by atoms with Gasteiger partial charge in [0.2, 0.25) is 5.88 Å². The molecule has 12 heteroatoms. The van der Waals surface area contributed by atoms with E-state index in [1.165, 1.54) is 31.0 Å². The molecule has 1 aliphatic carbocycles. The number of amides is 1. The number of nitrogen functional groups attached to an aromatic ring is 1. The van der Waals surface area contributed by atoms with E-state index in [1.54, 1.807) is 24.4 Å². The van der Waals surface area contributed by atoms with E-state index in [0.29, 0.717) is 36.4 Å². The SMILES string of the molecule is CC(C)Oc1ccc(-c2ccc(C(=O)NS(=O)(=O)c3cccc(N)n3)c(N3CCCC(OCC4CC4)C3)n2)cn1. The maximum atomic E-state index is 13.4. The maximum Gasteiger partial charge on any atom is 0.281 e. The minimum Gasteiger partial charge on any atom is -0.475 e. The van der Waals surface area contributed by atoms with Gasteiger partial charge in [-0.3, -0.25) is 4.79 Å². The lowest BCUT2D eigenvalue weighted by molar-refractivity contribution is 0.0367. The van der Waals surface area contributed by atoms with Crippen molar-refractivity contribution in [1.82, 2.24) is 19.7 Å². The minimum absolute atomic E-state index is 0.00470. The van der Waals surface area contributed by atoms with Gasteiger partial charge in [0.05, 0.1) is 23.5 Å². The fraction of sp³-hybridized carbons (Fsp3) is 0.429. The Morgan fingerprint density at radius 2 is 1.95 bits per heavy atom. The van der Waals surface area contributed by atoms with Crippen molar-refractivity contribution in [3.05, 3.63) is 54.2 Å². The van der Waals surface area contributed by atoms with Crippen LogP contribution in [-0.2, 0) is 14.8 Å². The lowest BCUT2D eigenvalue weighted by Crippen LogP contribution is -2.42. The molecule has 1 saturated heterocycles. The minimum atomic E-state index is -4.26. The zero-order chi connectivity index (χ0) is 28.3. The lowest BCUT2D eigenvalue weighted by Gasteiger charge is -2.34. The lowest BCUT2D eigenvalue weighted by atomic mass is 10.1. The van der Waals surface area contributed by atoms with Crippen LogP contribution in [0.15, 0.2) is 53.7 Å². The van der Waals surface area contributed by atoms with Crippen LogP contribution < -0.4 is 20.1 Å². The van der Waals surface area contributed by atoms with Gasteiger partial charge in [-0.25, -0.2) is 19.7 Å². The molecule has 11 nitrogen and oxygen atoms in total. The number of carbonyl (C=O) groups is 1. The van der Waals surface area contributed by atoms with Crippen LogP contribution in [0.2, 0.25) is 0 Å². The van der Waals surface area contributed by atoms with Crippen LogP contribution in [0.1, 0.15) is 49.9 Å². The van der Waals surface area contributed by atoms with E-state index in [0.717, 1.165) is 25.0 Å². The number of aromatic nitrogens is 3. The van der Waals surface area contributed by atoms with Gasteiger partial charge in [-0.15, -0.1) is 0 Å². The van der Waals surface area contributed by atoms with Gasteiger partial charge in [0.25, 0.3) is 15.9 Å². The number of nitrogens with one attached hydrogen (secondary N) is 1. The summed E-state index contributed by atoms with van der Waals surface area (Å²) < 4.78 is 39.8. The number of ether oxygens (including phenoxy) is 2. The number of hydrogen-bond acceptors (Lipinski definition) is 10. The van der Waals surface area contributed by atoms with Gasteiger partial charge in [0, 0.05) is 37.5 Å². The number of piperidine rings is 1. The average Bonchev–Trinajstić information content (AvgIpc) is 3.76. The second-order valence-electron chi connectivity index (χ2n) is 10.4. The molecule has 3 aromatic heterocycles. The van der Waals surface area contributed by atoms with Crippen molar-refractivity contribution < 1.29 is 22.7 Å². The largest absolute Gasteiger partial charge is 0.475 e. The summed E-state index contributed by atoms with van der Waals surface area (Å²) in [5.74, 6) is 0.748. The van der Waals surface area contributed by atoms with Crippen LogP contribution in [0.4, 0.5) is 11.6 Å². The highest BCUT2D eigenvalue weighted by Gasteiger charge is 2.30. The van der Waals surface area contributed by atoms with Crippen molar-refractivity contribution in [3.63, 3.8) is 0 Å². The van der Waals surface area contributed by atoms with Crippen LogP contribution >= 0.6 is 0 Å². The number of hydrogen-bond donors (Lipinski definition) is 2. The van der Waals surface area contributed by atoms with Crippen molar-refractivity contribution in [1.29, 1.82) is 0 Å². The van der Waals surface area contributed by atoms with E-state index in [2.05, 4.69) is 14.7 Å². The van der Waals surface area contributed by atoms with Crippen LogP contribution in [0.5, 0.6) is 5.88 Å². The van der Waals surface area contributed by atoms with Gasteiger partial charge in [-0.05, 0) is 75.8 Å². The van der Waals surface area contributed by atoms with Crippen LogP contribution in [0.25, 0.3) is 11.3 Å². The summed E-state index contributed by atoms with van der Waals surface area (Å²) in [5.41, 5.74) is 7.11. The summed E-state index contributed by atoms with van der Waals surface area (Å²) >= 11 is 0. The Labute approximate surface area is 234 Å². The summed E-state index contributed by atoms with van der Waals surface area (Å²) in [6.45, 7) is 5.80. The zero-order valence-electron chi connectivity index (χ0n) is 22.6. The Bertz CT molecular complexity index is 1460. The molecule has 1 aliphatic heterocycles. The quantitative estimate of drug-likeness (QED) is 0.374. The second kappa shape index (κ2) is 11.8. The normalized spacial score (nSPS) is 17.6. The molecular formula is C28H34N6O5S. The highest BCUT2D eigenvalue weighted by molar-refractivity contribution is 7.90. The van der Waals surface area contributed by atoms with Crippen molar-refractivity contribution in [2.75, 3.05) is 30.3 Å². The summed E-state index contributed by atoms with van der Waals surface area (Å²) in [4.78, 5) is 28.5. The van der Waals surface area contributed by atoms with Crippen molar-refractivity contribution in [2.24, 2.45) is 5.92 Å². The highest BCUT2D eigenvalue weighted by Crippen LogP contribution is 2.31. The molecule has 1 amide bonds. The number of nitrogens with two attached hydrogens (primary N) is 1. The third kappa shape index (κ3) is 6.86. The van der Waals surface area contributed by atoms with Crippen molar-refractivity contribution in [3.8, 4) is 17.1 Å². The molecule has 3 N–H and O–H groups in total. The molecule has 5 rings (SSSR count). The Balaban J connectivity index is 1.44. The van der Waals surface area contributed by atoms with Gasteiger partial charge in [0.15, 0.2) is 5.03 Å². The van der Waals surface area contributed by atoms with Gasteiger partial charge in [-0.1, -0.05) is 6.07 Å². The first-order valence-electron chi connectivity index (χ1n) is 13.5. The van der Waals surface area contributed by atoms with E-state index >= 15 is 0 Å². The van der Waals surface area contributed by atoms with Crippen LogP contribution in [0, 0.1) is 5.92 Å². The summed E-state index contributed by atoms with van der Waals surface area (Å²) in [7, 11) is -4.26. The molecule has 2 aliphatic rings. The molecule has 40 heavy (non-hydrogen) atoms. The highest BCUT2D eigenvalue weighted by atomic mass is 32.2. The number of anilines is 2. The third-order valence-corrected chi connectivity index (χ3v) is 7.93. The van der Waals surface area contributed by atoms with Crippen molar-refractivity contribution in [2.45, 2.75) is 56.8 Å². The monoisotopic (exact) mass is 566 g/mol. The predicted octanol–water partition coefficient (Wildman–Crippen LogP) is 3.42. The topological polar surface area (TPSA) is 150 Å². The van der Waals surface area contributed by atoms with E-state index in [4.69, 9.17) is 20.2 Å². The Morgan fingerprint density at radius 3 is 2.65 bits per heavy atom. The molecule has 4 heterocycles. The molecule has 1 atom stereocenters. The molecule has 2 fully saturated rings. The summed E-state index contributed by atoms with van der Waals surface area (Å²) in [5, 5.41) is -0.340. The Morgan fingerprint density at radius 1 is 1.12 bits per heavy atom. The van der Waals surface area contributed by atoms with E-state index in [1.807, 2.05) is 24.8 Å². The van der Waals surface area contributed by atoms with E-state index in [-0.39, 0.29) is 28.6 Å². The van der Waals surface area contributed by atoms with E-state index in [9.17, 15) is 13.2 Å². The maximum absolute atomic E-state index is 13.4. The van der Waals surface area contributed by atoms with Gasteiger partial charge < -0.3 is 20.1 Å².